The average molecular weight is 332 g/mol. The molecule has 0 saturated carbocycles. The minimum absolute atomic E-state index is 0.0571. The van der Waals surface area contributed by atoms with Crippen LogP contribution in [0.1, 0.15) is 27.6 Å². The van der Waals surface area contributed by atoms with Crippen molar-refractivity contribution in [1.82, 2.24) is 0 Å². The van der Waals surface area contributed by atoms with E-state index in [0.717, 1.165) is 0 Å². The first-order chi connectivity index (χ1) is 11.0. The fourth-order valence-corrected chi connectivity index (χ4v) is 2.01. The van der Waals surface area contributed by atoms with E-state index in [2.05, 4.69) is 5.32 Å². The van der Waals surface area contributed by atoms with E-state index in [9.17, 15) is 14.4 Å². The summed E-state index contributed by atoms with van der Waals surface area (Å²) >= 11 is 5.78. The number of benzene rings is 2. The Kier molecular flexibility index (Phi) is 5.49. The number of ketones is 1. The first-order valence-corrected chi connectivity index (χ1v) is 7.17. The van der Waals surface area contributed by atoms with Crippen LogP contribution in [0.4, 0.5) is 5.69 Å². The first kappa shape index (κ1) is 16.7. The van der Waals surface area contributed by atoms with E-state index >= 15 is 0 Å². The Bertz CT molecular complexity index is 741. The van der Waals surface area contributed by atoms with Gasteiger partial charge in [-0.05, 0) is 49.4 Å². The molecule has 2 aromatic carbocycles. The maximum atomic E-state index is 11.8. The van der Waals surface area contributed by atoms with E-state index in [1.54, 1.807) is 42.5 Å². The Morgan fingerprint density at radius 1 is 1.04 bits per heavy atom. The lowest BCUT2D eigenvalue weighted by Crippen LogP contribution is -2.20. The van der Waals surface area contributed by atoms with E-state index in [1.807, 2.05) is 0 Å². The Morgan fingerprint density at radius 2 is 1.74 bits per heavy atom. The molecule has 2 aromatic rings. The molecule has 2 rings (SSSR count). The van der Waals surface area contributed by atoms with E-state index < -0.39 is 18.5 Å². The molecule has 6 heteroatoms. The number of carbonyl (C=O) groups is 3. The maximum Gasteiger partial charge on any atom is 0.338 e. The molecule has 5 nitrogen and oxygen atoms in total. The van der Waals surface area contributed by atoms with Crippen LogP contribution in [0, 0.1) is 0 Å². The molecule has 0 saturated heterocycles. The predicted molar refractivity (Wildman–Crippen MR) is 86.8 cm³/mol. The van der Waals surface area contributed by atoms with Crippen LogP contribution < -0.4 is 5.32 Å². The van der Waals surface area contributed by atoms with Crippen molar-refractivity contribution in [1.29, 1.82) is 0 Å². The second kappa shape index (κ2) is 7.56. The highest BCUT2D eigenvalue weighted by molar-refractivity contribution is 6.30. The second-order valence-electron chi connectivity index (χ2n) is 4.77. The number of halogens is 1. The van der Waals surface area contributed by atoms with Gasteiger partial charge in [-0.1, -0.05) is 17.7 Å². The van der Waals surface area contributed by atoms with Crippen LogP contribution in [-0.4, -0.2) is 24.3 Å². The van der Waals surface area contributed by atoms with Gasteiger partial charge in [0.2, 0.25) is 0 Å². The molecule has 0 atom stereocenters. The quantitative estimate of drug-likeness (QED) is 0.673. The van der Waals surface area contributed by atoms with Crippen molar-refractivity contribution in [3.05, 3.63) is 64.7 Å². The van der Waals surface area contributed by atoms with Crippen LogP contribution in [0.5, 0.6) is 0 Å². The third kappa shape index (κ3) is 4.93. The van der Waals surface area contributed by atoms with Gasteiger partial charge in [-0.2, -0.15) is 0 Å². The van der Waals surface area contributed by atoms with Crippen molar-refractivity contribution >= 4 is 34.9 Å². The Labute approximate surface area is 138 Å². The lowest BCUT2D eigenvalue weighted by Gasteiger charge is -2.07. The van der Waals surface area contributed by atoms with Gasteiger partial charge < -0.3 is 10.1 Å². The zero-order valence-electron chi connectivity index (χ0n) is 12.3. The summed E-state index contributed by atoms with van der Waals surface area (Å²) < 4.78 is 4.92. The monoisotopic (exact) mass is 331 g/mol. The van der Waals surface area contributed by atoms with Crippen molar-refractivity contribution in [2.24, 2.45) is 0 Å². The van der Waals surface area contributed by atoms with Crippen molar-refractivity contribution in [2.45, 2.75) is 6.92 Å². The molecular weight excluding hydrogens is 318 g/mol. The lowest BCUT2D eigenvalue weighted by atomic mass is 10.1. The topological polar surface area (TPSA) is 72.5 Å². The normalized spacial score (nSPS) is 10.0. The van der Waals surface area contributed by atoms with E-state index in [-0.39, 0.29) is 11.3 Å². The zero-order valence-corrected chi connectivity index (χ0v) is 13.1. The molecule has 23 heavy (non-hydrogen) atoms. The minimum Gasteiger partial charge on any atom is -0.452 e. The number of nitrogens with one attached hydrogen (secondary N) is 1. The molecule has 0 aromatic heterocycles. The Balaban J connectivity index is 1.87. The summed E-state index contributed by atoms with van der Waals surface area (Å²) in [6.07, 6.45) is 0. The Hall–Kier alpha value is -2.66. The van der Waals surface area contributed by atoms with Gasteiger partial charge in [0.25, 0.3) is 5.91 Å². The van der Waals surface area contributed by atoms with Gasteiger partial charge in [0.15, 0.2) is 12.4 Å². The van der Waals surface area contributed by atoms with Crippen LogP contribution in [0.3, 0.4) is 0 Å². The van der Waals surface area contributed by atoms with E-state index in [4.69, 9.17) is 16.3 Å². The molecule has 0 radical (unpaired) electrons. The van der Waals surface area contributed by atoms with Crippen molar-refractivity contribution in [3.63, 3.8) is 0 Å². The van der Waals surface area contributed by atoms with E-state index in [0.29, 0.717) is 16.3 Å². The van der Waals surface area contributed by atoms with Gasteiger partial charge in [-0.25, -0.2) is 4.79 Å². The number of esters is 1. The smallest absolute Gasteiger partial charge is 0.338 e. The number of rotatable bonds is 5. The van der Waals surface area contributed by atoms with Crippen LogP contribution in [0.25, 0.3) is 0 Å². The number of carbonyl (C=O) groups excluding carboxylic acids is 3. The van der Waals surface area contributed by atoms with Crippen LogP contribution >= 0.6 is 11.6 Å². The highest BCUT2D eigenvalue weighted by Crippen LogP contribution is 2.12. The van der Waals surface area contributed by atoms with Gasteiger partial charge in [0.1, 0.15) is 0 Å². The number of Topliss-reactive ketones (excluding diaryl/α,β-unsaturated/α-hetero) is 1. The molecule has 0 aliphatic heterocycles. The zero-order chi connectivity index (χ0) is 16.8. The van der Waals surface area contributed by atoms with Crippen LogP contribution in [0.15, 0.2) is 48.5 Å². The Morgan fingerprint density at radius 3 is 2.35 bits per heavy atom. The first-order valence-electron chi connectivity index (χ1n) is 6.79. The molecule has 0 spiro atoms. The molecule has 0 heterocycles. The fraction of sp³-hybridized carbons (Fsp3) is 0.118. The summed E-state index contributed by atoms with van der Waals surface area (Å²) in [4.78, 5) is 34.7. The number of ether oxygens (including phenoxy) is 1. The van der Waals surface area contributed by atoms with Gasteiger partial charge in [-0.15, -0.1) is 0 Å². The second-order valence-corrected chi connectivity index (χ2v) is 5.20. The SMILES string of the molecule is CC(=O)c1ccc(NC(=O)COC(=O)c2cccc(Cl)c2)cc1. The van der Waals surface area contributed by atoms with Gasteiger partial charge in [0.05, 0.1) is 5.56 Å². The molecule has 1 amide bonds. The number of anilines is 1. The van der Waals surface area contributed by atoms with Crippen LogP contribution in [0.2, 0.25) is 5.02 Å². The van der Waals surface area contributed by atoms with Crippen molar-refractivity contribution in [3.8, 4) is 0 Å². The molecule has 118 valence electrons. The summed E-state index contributed by atoms with van der Waals surface area (Å²) in [6, 6.07) is 12.7. The molecule has 0 fully saturated rings. The average Bonchev–Trinajstić information content (AvgIpc) is 2.53. The van der Waals surface area contributed by atoms with Gasteiger partial charge >= 0.3 is 5.97 Å². The highest BCUT2D eigenvalue weighted by atomic mass is 35.5. The number of hydrogen-bond acceptors (Lipinski definition) is 4. The van der Waals surface area contributed by atoms with Gasteiger partial charge in [0, 0.05) is 16.3 Å². The summed E-state index contributed by atoms with van der Waals surface area (Å²) in [7, 11) is 0. The predicted octanol–water partition coefficient (Wildman–Crippen LogP) is 3.34. The summed E-state index contributed by atoms with van der Waals surface area (Å²) in [5, 5.41) is 2.98. The van der Waals surface area contributed by atoms with Crippen molar-refractivity contribution < 1.29 is 19.1 Å². The highest BCUT2D eigenvalue weighted by Gasteiger charge is 2.11. The van der Waals surface area contributed by atoms with Crippen LogP contribution in [-0.2, 0) is 9.53 Å². The third-order valence-electron chi connectivity index (χ3n) is 2.97. The largest absolute Gasteiger partial charge is 0.452 e. The summed E-state index contributed by atoms with van der Waals surface area (Å²) in [6.45, 7) is 1.04. The molecule has 0 bridgehead atoms. The molecule has 1 N–H and O–H groups in total. The molecule has 0 aliphatic carbocycles. The number of amides is 1. The standard InChI is InChI=1S/C17H14ClNO4/c1-11(20)12-5-7-15(8-6-12)19-16(21)10-23-17(22)13-3-2-4-14(18)9-13/h2-9H,10H2,1H3,(H,19,21). The lowest BCUT2D eigenvalue weighted by molar-refractivity contribution is -0.119. The minimum atomic E-state index is -0.630. The van der Waals surface area contributed by atoms with Gasteiger partial charge in [-0.3, -0.25) is 9.59 Å². The fourth-order valence-electron chi connectivity index (χ4n) is 1.82. The van der Waals surface area contributed by atoms with Crippen molar-refractivity contribution in [2.75, 3.05) is 11.9 Å². The van der Waals surface area contributed by atoms with E-state index in [1.165, 1.54) is 13.0 Å². The number of hydrogen-bond donors (Lipinski definition) is 1. The third-order valence-corrected chi connectivity index (χ3v) is 3.20. The molecular formula is C17H14ClNO4. The molecule has 0 unspecified atom stereocenters. The summed E-state index contributed by atoms with van der Waals surface area (Å²) in [5.41, 5.74) is 1.34. The maximum absolute atomic E-state index is 11.8. The molecule has 0 aliphatic rings. The summed E-state index contributed by atoms with van der Waals surface area (Å²) in [5.74, 6) is -1.16.